The van der Waals surface area contributed by atoms with Crippen molar-refractivity contribution in [2.24, 2.45) is 0 Å². The Morgan fingerprint density at radius 1 is 1.38 bits per heavy atom. The quantitative estimate of drug-likeness (QED) is 0.774. The highest BCUT2D eigenvalue weighted by Crippen LogP contribution is 2.17. The van der Waals surface area contributed by atoms with Crippen LogP contribution in [-0.2, 0) is 4.79 Å². The van der Waals surface area contributed by atoms with Crippen molar-refractivity contribution in [1.82, 2.24) is 5.32 Å². The number of hydrogen-bond acceptors (Lipinski definition) is 3. The number of likely N-dealkylation sites (N-methyl/N-ethyl adjacent to an activating group) is 1. The fraction of sp³-hybridized carbons (Fsp3) is 0.417. The highest BCUT2D eigenvalue weighted by molar-refractivity contribution is 7.98. The molecule has 0 radical (unpaired) electrons. The summed E-state index contributed by atoms with van der Waals surface area (Å²) in [5, 5.41) is 5.94. The highest BCUT2D eigenvalue weighted by Gasteiger charge is 2.10. The fourth-order valence-electron chi connectivity index (χ4n) is 1.33. The van der Waals surface area contributed by atoms with Crippen molar-refractivity contribution >= 4 is 23.4 Å². The van der Waals surface area contributed by atoms with Gasteiger partial charge in [-0.05, 0) is 44.4 Å². The third kappa shape index (κ3) is 3.77. The van der Waals surface area contributed by atoms with Crippen molar-refractivity contribution < 1.29 is 4.79 Å². The van der Waals surface area contributed by atoms with Crippen LogP contribution in [0.25, 0.3) is 0 Å². The number of hydrogen-bond donors (Lipinski definition) is 2. The molecule has 0 saturated heterocycles. The number of carbonyl (C=O) groups is 1. The lowest BCUT2D eigenvalue weighted by Crippen LogP contribution is -2.37. The molecule has 1 amide bonds. The van der Waals surface area contributed by atoms with Gasteiger partial charge >= 0.3 is 0 Å². The van der Waals surface area contributed by atoms with E-state index in [0.29, 0.717) is 6.54 Å². The minimum absolute atomic E-state index is 0.0245. The lowest BCUT2D eigenvalue weighted by Gasteiger charge is -2.14. The minimum atomic E-state index is -0.208. The zero-order chi connectivity index (χ0) is 12.0. The van der Waals surface area contributed by atoms with Gasteiger partial charge in [-0.1, -0.05) is 0 Å². The standard InChI is InChI=1S/C12H18N2OS/c1-4-13-12(15)9(2)14-10-5-7-11(16-3)8-6-10/h5-9,14H,4H2,1-3H3,(H,13,15). The molecule has 0 aliphatic carbocycles. The molecule has 2 N–H and O–H groups in total. The normalized spacial score (nSPS) is 11.9. The van der Waals surface area contributed by atoms with Crippen LogP contribution in [0.2, 0.25) is 0 Å². The smallest absolute Gasteiger partial charge is 0.242 e. The molecule has 0 spiro atoms. The zero-order valence-electron chi connectivity index (χ0n) is 9.91. The van der Waals surface area contributed by atoms with Gasteiger partial charge in [0.2, 0.25) is 5.91 Å². The average molecular weight is 238 g/mol. The molecule has 16 heavy (non-hydrogen) atoms. The summed E-state index contributed by atoms with van der Waals surface area (Å²) in [7, 11) is 0. The van der Waals surface area contributed by atoms with E-state index in [4.69, 9.17) is 0 Å². The van der Waals surface area contributed by atoms with E-state index < -0.39 is 0 Å². The van der Waals surface area contributed by atoms with Crippen LogP contribution in [0.1, 0.15) is 13.8 Å². The number of benzene rings is 1. The van der Waals surface area contributed by atoms with E-state index in [0.717, 1.165) is 5.69 Å². The molecule has 0 aliphatic rings. The molecule has 0 heterocycles. The Labute approximate surface area is 101 Å². The molecule has 1 atom stereocenters. The average Bonchev–Trinajstić information content (AvgIpc) is 2.30. The first-order chi connectivity index (χ1) is 7.67. The summed E-state index contributed by atoms with van der Waals surface area (Å²) in [4.78, 5) is 12.7. The molecule has 1 aromatic carbocycles. The van der Waals surface area contributed by atoms with Crippen LogP contribution in [0.15, 0.2) is 29.2 Å². The minimum Gasteiger partial charge on any atom is -0.374 e. The van der Waals surface area contributed by atoms with E-state index in [1.54, 1.807) is 11.8 Å². The molecule has 0 aliphatic heterocycles. The number of rotatable bonds is 5. The van der Waals surface area contributed by atoms with Crippen LogP contribution >= 0.6 is 11.8 Å². The Kier molecular flexibility index (Phi) is 5.19. The van der Waals surface area contributed by atoms with E-state index in [-0.39, 0.29) is 11.9 Å². The summed E-state index contributed by atoms with van der Waals surface area (Å²) in [5.74, 6) is 0.0245. The van der Waals surface area contributed by atoms with Crippen LogP contribution in [-0.4, -0.2) is 24.7 Å². The molecule has 0 saturated carbocycles. The van der Waals surface area contributed by atoms with Gasteiger partial charge in [0.15, 0.2) is 0 Å². The summed E-state index contributed by atoms with van der Waals surface area (Å²) in [5.41, 5.74) is 0.969. The summed E-state index contributed by atoms with van der Waals surface area (Å²) in [6, 6.07) is 7.85. The SMILES string of the molecule is CCNC(=O)C(C)Nc1ccc(SC)cc1. The maximum atomic E-state index is 11.5. The number of amides is 1. The van der Waals surface area contributed by atoms with Crippen LogP contribution in [0.5, 0.6) is 0 Å². The fourth-order valence-corrected chi connectivity index (χ4v) is 1.74. The van der Waals surface area contributed by atoms with E-state index in [1.165, 1.54) is 4.90 Å². The molecule has 4 heteroatoms. The van der Waals surface area contributed by atoms with Crippen LogP contribution in [0, 0.1) is 0 Å². The molecule has 1 aromatic rings. The number of anilines is 1. The van der Waals surface area contributed by atoms with Gasteiger partial charge in [0, 0.05) is 17.1 Å². The Morgan fingerprint density at radius 2 is 2.00 bits per heavy atom. The van der Waals surface area contributed by atoms with Gasteiger partial charge in [0.1, 0.15) is 6.04 Å². The maximum Gasteiger partial charge on any atom is 0.242 e. The van der Waals surface area contributed by atoms with Gasteiger partial charge in [-0.2, -0.15) is 0 Å². The predicted octanol–water partition coefficient (Wildman–Crippen LogP) is 2.34. The topological polar surface area (TPSA) is 41.1 Å². The third-order valence-electron chi connectivity index (χ3n) is 2.22. The summed E-state index contributed by atoms with van der Waals surface area (Å²) < 4.78 is 0. The highest BCUT2D eigenvalue weighted by atomic mass is 32.2. The molecular weight excluding hydrogens is 220 g/mol. The Bertz CT molecular complexity index is 337. The maximum absolute atomic E-state index is 11.5. The van der Waals surface area contributed by atoms with Crippen molar-refractivity contribution in [3.63, 3.8) is 0 Å². The van der Waals surface area contributed by atoms with Gasteiger partial charge in [-0.25, -0.2) is 0 Å². The number of thioether (sulfide) groups is 1. The van der Waals surface area contributed by atoms with E-state index >= 15 is 0 Å². The molecule has 1 rings (SSSR count). The Balaban J connectivity index is 2.55. The van der Waals surface area contributed by atoms with Gasteiger partial charge < -0.3 is 10.6 Å². The summed E-state index contributed by atoms with van der Waals surface area (Å²) in [6.45, 7) is 4.43. The monoisotopic (exact) mass is 238 g/mol. The predicted molar refractivity (Wildman–Crippen MR) is 70.0 cm³/mol. The molecule has 0 aromatic heterocycles. The molecule has 88 valence electrons. The number of carbonyl (C=O) groups excluding carboxylic acids is 1. The van der Waals surface area contributed by atoms with E-state index in [2.05, 4.69) is 10.6 Å². The van der Waals surface area contributed by atoms with Crippen molar-refractivity contribution in [3.05, 3.63) is 24.3 Å². The molecule has 0 fully saturated rings. The zero-order valence-corrected chi connectivity index (χ0v) is 10.7. The van der Waals surface area contributed by atoms with Gasteiger partial charge in [0.05, 0.1) is 0 Å². The molecule has 1 unspecified atom stereocenters. The van der Waals surface area contributed by atoms with Crippen molar-refractivity contribution in [1.29, 1.82) is 0 Å². The lowest BCUT2D eigenvalue weighted by atomic mass is 10.2. The first kappa shape index (κ1) is 12.9. The second kappa shape index (κ2) is 6.43. The van der Waals surface area contributed by atoms with E-state index in [9.17, 15) is 4.79 Å². The Hall–Kier alpha value is -1.16. The first-order valence-corrected chi connectivity index (χ1v) is 6.58. The van der Waals surface area contributed by atoms with Gasteiger partial charge in [-0.3, -0.25) is 4.79 Å². The summed E-state index contributed by atoms with van der Waals surface area (Å²) >= 11 is 1.70. The van der Waals surface area contributed by atoms with Gasteiger partial charge in [-0.15, -0.1) is 11.8 Å². The van der Waals surface area contributed by atoms with Crippen molar-refractivity contribution in [3.8, 4) is 0 Å². The molecular formula is C12H18N2OS. The first-order valence-electron chi connectivity index (χ1n) is 5.35. The Morgan fingerprint density at radius 3 is 2.50 bits per heavy atom. The van der Waals surface area contributed by atoms with Crippen molar-refractivity contribution in [2.45, 2.75) is 24.8 Å². The second-order valence-corrected chi connectivity index (χ2v) is 4.37. The molecule has 3 nitrogen and oxygen atoms in total. The van der Waals surface area contributed by atoms with Crippen LogP contribution in [0.4, 0.5) is 5.69 Å². The second-order valence-electron chi connectivity index (χ2n) is 3.49. The number of nitrogens with one attached hydrogen (secondary N) is 2. The van der Waals surface area contributed by atoms with Crippen LogP contribution in [0.3, 0.4) is 0 Å². The van der Waals surface area contributed by atoms with Gasteiger partial charge in [0.25, 0.3) is 0 Å². The third-order valence-corrected chi connectivity index (χ3v) is 2.96. The van der Waals surface area contributed by atoms with Crippen LogP contribution < -0.4 is 10.6 Å². The largest absolute Gasteiger partial charge is 0.374 e. The summed E-state index contributed by atoms with van der Waals surface area (Å²) in [6.07, 6.45) is 2.04. The lowest BCUT2D eigenvalue weighted by molar-refractivity contribution is -0.121. The van der Waals surface area contributed by atoms with Crippen molar-refractivity contribution in [2.75, 3.05) is 18.1 Å². The molecule has 0 bridgehead atoms. The van der Waals surface area contributed by atoms with E-state index in [1.807, 2.05) is 44.4 Å².